The van der Waals surface area contributed by atoms with Gasteiger partial charge in [0.1, 0.15) is 11.9 Å². The molecule has 0 bridgehead atoms. The summed E-state index contributed by atoms with van der Waals surface area (Å²) in [6.07, 6.45) is 2.31. The first kappa shape index (κ1) is 30.8. The molecule has 0 saturated carbocycles. The molecule has 3 amide bonds. The molecule has 2 atom stereocenters. The molecule has 0 unspecified atom stereocenters. The van der Waals surface area contributed by atoms with Crippen molar-refractivity contribution in [3.8, 4) is 11.4 Å². The third-order valence-corrected chi connectivity index (χ3v) is 9.21. The lowest BCUT2D eigenvalue weighted by Crippen LogP contribution is -2.51. The second kappa shape index (κ2) is 13.8. The predicted octanol–water partition coefficient (Wildman–Crippen LogP) is 2.87. The summed E-state index contributed by atoms with van der Waals surface area (Å²) in [4.78, 5) is 53.4. The van der Waals surface area contributed by atoms with Crippen molar-refractivity contribution in [1.82, 2.24) is 34.8 Å². The van der Waals surface area contributed by atoms with Crippen LogP contribution in [0.5, 0.6) is 0 Å². The maximum Gasteiger partial charge on any atom is 0.243 e. The lowest BCUT2D eigenvalue weighted by molar-refractivity contribution is -0.139. The smallest absolute Gasteiger partial charge is 0.243 e. The summed E-state index contributed by atoms with van der Waals surface area (Å²) in [6.45, 7) is 9.65. The minimum absolute atomic E-state index is 0.0217. The molecular formula is C34H44N8O3. The minimum atomic E-state index is -0.482. The number of carbonyl (C=O) groups is 3. The van der Waals surface area contributed by atoms with Gasteiger partial charge in [-0.3, -0.25) is 19.3 Å². The van der Waals surface area contributed by atoms with Crippen LogP contribution in [0, 0.1) is 6.92 Å². The number of carbonyl (C=O) groups excluding carboxylic acids is 3. The number of rotatable bonds is 4. The van der Waals surface area contributed by atoms with Gasteiger partial charge >= 0.3 is 0 Å². The van der Waals surface area contributed by atoms with Crippen LogP contribution in [0.25, 0.3) is 11.4 Å². The van der Waals surface area contributed by atoms with Crippen LogP contribution >= 0.6 is 0 Å². The van der Waals surface area contributed by atoms with E-state index in [2.05, 4.69) is 46.3 Å². The number of aromatic nitrogens is 3. The second-order valence-corrected chi connectivity index (χ2v) is 12.4. The molecule has 45 heavy (non-hydrogen) atoms. The van der Waals surface area contributed by atoms with Crippen LogP contribution in [-0.2, 0) is 20.9 Å². The van der Waals surface area contributed by atoms with E-state index in [0.29, 0.717) is 63.6 Å². The van der Waals surface area contributed by atoms with Crippen molar-refractivity contribution in [3.05, 3.63) is 66.0 Å². The maximum atomic E-state index is 13.8. The fourth-order valence-electron chi connectivity index (χ4n) is 6.68. The van der Waals surface area contributed by atoms with Crippen molar-refractivity contribution in [2.45, 2.75) is 58.2 Å². The van der Waals surface area contributed by atoms with Crippen LogP contribution < -0.4 is 10.2 Å². The van der Waals surface area contributed by atoms with Gasteiger partial charge in [-0.25, -0.2) is 9.67 Å². The van der Waals surface area contributed by atoms with E-state index in [1.807, 2.05) is 46.8 Å². The van der Waals surface area contributed by atoms with Gasteiger partial charge in [0.2, 0.25) is 17.7 Å². The Morgan fingerprint density at radius 3 is 2.49 bits per heavy atom. The molecule has 3 aromatic rings. The summed E-state index contributed by atoms with van der Waals surface area (Å²) in [6, 6.07) is 17.4. The Morgan fingerprint density at radius 2 is 1.71 bits per heavy atom. The van der Waals surface area contributed by atoms with E-state index < -0.39 is 12.1 Å². The SMILES string of the molecule is Cc1cccc(N2CCN(CC(=O)N3CCCC(=O)N4CCC[C@H]4C(=O)N[C@@H](C)c4nc(-c5ccccc5)nn4CC3)CC2)c1. The number of anilines is 1. The van der Waals surface area contributed by atoms with Crippen molar-refractivity contribution in [3.63, 3.8) is 0 Å². The van der Waals surface area contributed by atoms with Crippen molar-refractivity contribution < 1.29 is 14.4 Å². The van der Waals surface area contributed by atoms with Gasteiger partial charge in [-0.05, 0) is 50.8 Å². The van der Waals surface area contributed by atoms with E-state index in [0.717, 1.165) is 38.2 Å². The lowest BCUT2D eigenvalue weighted by Gasteiger charge is -2.37. The summed E-state index contributed by atoms with van der Waals surface area (Å²) >= 11 is 0. The molecule has 2 aromatic carbocycles. The Hall–Kier alpha value is -4.25. The Bertz CT molecular complexity index is 1500. The third kappa shape index (κ3) is 7.19. The van der Waals surface area contributed by atoms with E-state index in [9.17, 15) is 14.4 Å². The first-order valence-corrected chi connectivity index (χ1v) is 16.3. The zero-order valence-corrected chi connectivity index (χ0v) is 26.4. The molecule has 3 aliphatic heterocycles. The molecule has 0 radical (unpaired) electrons. The van der Waals surface area contributed by atoms with Crippen LogP contribution in [0.1, 0.15) is 50.0 Å². The zero-order chi connectivity index (χ0) is 31.3. The normalized spacial score (nSPS) is 22.0. The number of benzene rings is 2. The molecule has 2 saturated heterocycles. The van der Waals surface area contributed by atoms with Crippen LogP contribution in [0.2, 0.25) is 0 Å². The number of amides is 3. The molecule has 1 N–H and O–H groups in total. The number of piperazine rings is 1. The highest BCUT2D eigenvalue weighted by molar-refractivity contribution is 5.88. The maximum absolute atomic E-state index is 13.8. The number of nitrogens with zero attached hydrogens (tertiary/aromatic N) is 7. The Balaban J connectivity index is 1.19. The monoisotopic (exact) mass is 612 g/mol. The summed E-state index contributed by atoms with van der Waals surface area (Å²) in [5.74, 6) is 1.10. The van der Waals surface area contributed by atoms with Crippen molar-refractivity contribution in [1.29, 1.82) is 0 Å². The Labute approximate surface area is 265 Å². The topological polar surface area (TPSA) is 107 Å². The van der Waals surface area contributed by atoms with Crippen LogP contribution in [0.4, 0.5) is 5.69 Å². The van der Waals surface area contributed by atoms with Gasteiger partial charge in [-0.15, -0.1) is 0 Å². The van der Waals surface area contributed by atoms with Gasteiger partial charge < -0.3 is 20.0 Å². The summed E-state index contributed by atoms with van der Waals surface area (Å²) in [5.41, 5.74) is 3.36. The van der Waals surface area contributed by atoms with Gasteiger partial charge in [0.25, 0.3) is 0 Å². The molecule has 2 fully saturated rings. The molecule has 238 valence electrons. The standard InChI is InChI=1S/C34H44N8O3/c1-25-9-6-12-28(23-25)39-19-17-38(18-20-39)24-31(44)40-15-8-14-30(43)41-16-7-13-29(41)34(45)35-26(2)33-36-32(37-42(33)22-21-40)27-10-4-3-5-11-27/h3-6,9-12,23,26,29H,7-8,13-22,24H2,1-2H3,(H,35,45)/t26-,29-/m0/s1. The van der Waals surface area contributed by atoms with E-state index in [-0.39, 0.29) is 17.7 Å². The van der Waals surface area contributed by atoms with Gasteiger partial charge in [0, 0.05) is 63.5 Å². The van der Waals surface area contributed by atoms with Crippen LogP contribution in [-0.4, -0.2) is 106 Å². The van der Waals surface area contributed by atoms with Gasteiger partial charge in [-0.2, -0.15) is 5.10 Å². The molecule has 11 nitrogen and oxygen atoms in total. The Kier molecular flexibility index (Phi) is 9.44. The quantitative estimate of drug-likeness (QED) is 0.483. The van der Waals surface area contributed by atoms with Gasteiger partial charge in [0.15, 0.2) is 5.82 Å². The average Bonchev–Trinajstić information content (AvgIpc) is 3.71. The van der Waals surface area contributed by atoms with E-state index in [1.54, 1.807) is 4.90 Å². The highest BCUT2D eigenvalue weighted by Crippen LogP contribution is 2.23. The van der Waals surface area contributed by atoms with Crippen LogP contribution in [0.15, 0.2) is 54.6 Å². The number of hydrogen-bond donors (Lipinski definition) is 1. The predicted molar refractivity (Wildman–Crippen MR) is 172 cm³/mol. The minimum Gasteiger partial charge on any atom is -0.369 e. The molecule has 0 spiro atoms. The number of hydrogen-bond acceptors (Lipinski definition) is 7. The van der Waals surface area contributed by atoms with Crippen LogP contribution in [0.3, 0.4) is 0 Å². The van der Waals surface area contributed by atoms with Crippen molar-refractivity contribution >= 4 is 23.4 Å². The van der Waals surface area contributed by atoms with E-state index in [4.69, 9.17) is 10.1 Å². The molecule has 1 aromatic heterocycles. The molecule has 4 heterocycles. The third-order valence-electron chi connectivity index (χ3n) is 9.21. The average molecular weight is 613 g/mol. The molecule has 0 aliphatic carbocycles. The highest BCUT2D eigenvalue weighted by atomic mass is 16.2. The number of fused-ring (bicyclic) bond motifs is 2. The summed E-state index contributed by atoms with van der Waals surface area (Å²) in [7, 11) is 0. The molecule has 11 heteroatoms. The summed E-state index contributed by atoms with van der Waals surface area (Å²) < 4.78 is 1.83. The zero-order valence-electron chi connectivity index (χ0n) is 26.4. The fraction of sp³-hybridized carbons (Fsp3) is 0.500. The summed E-state index contributed by atoms with van der Waals surface area (Å²) in [5, 5.41) is 7.94. The van der Waals surface area contributed by atoms with Crippen molar-refractivity contribution in [2.24, 2.45) is 0 Å². The van der Waals surface area contributed by atoms with Gasteiger partial charge in [-0.1, -0.05) is 42.5 Å². The van der Waals surface area contributed by atoms with Gasteiger partial charge in [0.05, 0.1) is 19.1 Å². The molecule has 6 rings (SSSR count). The molecule has 3 aliphatic rings. The number of aryl methyl sites for hydroxylation is 1. The number of nitrogens with one attached hydrogen (secondary N) is 1. The first-order chi connectivity index (χ1) is 21.9. The van der Waals surface area contributed by atoms with Crippen molar-refractivity contribution in [2.75, 3.05) is 57.3 Å². The highest BCUT2D eigenvalue weighted by Gasteiger charge is 2.35. The fourth-order valence-corrected chi connectivity index (χ4v) is 6.68. The molecular weight excluding hydrogens is 568 g/mol. The second-order valence-electron chi connectivity index (χ2n) is 12.4. The van der Waals surface area contributed by atoms with E-state index >= 15 is 0 Å². The Morgan fingerprint density at radius 1 is 0.911 bits per heavy atom. The van der Waals surface area contributed by atoms with E-state index in [1.165, 1.54) is 11.3 Å². The lowest BCUT2D eigenvalue weighted by atomic mass is 10.1. The largest absolute Gasteiger partial charge is 0.369 e. The first-order valence-electron chi connectivity index (χ1n) is 16.3.